The predicted octanol–water partition coefficient (Wildman–Crippen LogP) is 4.20. The first-order valence-electron chi connectivity index (χ1n) is 7.04. The van der Waals surface area contributed by atoms with Gasteiger partial charge in [0.15, 0.2) is 5.17 Å². The molecule has 0 saturated carbocycles. The largest absolute Gasteiger partial charge is 0.300 e. The van der Waals surface area contributed by atoms with Gasteiger partial charge in [0, 0.05) is 0 Å². The first kappa shape index (κ1) is 14.6. The SMILES string of the molecule is Cc1ccccc1C=C1SC(=Nc2ccccc2C)NC1=O. The predicted molar refractivity (Wildman–Crippen MR) is 93.2 cm³/mol. The van der Waals surface area contributed by atoms with Crippen molar-refractivity contribution >= 4 is 34.6 Å². The van der Waals surface area contributed by atoms with Gasteiger partial charge in [-0.1, -0.05) is 42.5 Å². The molecular weight excluding hydrogens is 292 g/mol. The normalized spacial score (nSPS) is 18.0. The highest BCUT2D eigenvalue weighted by Gasteiger charge is 2.24. The average Bonchev–Trinajstić information content (AvgIpc) is 2.84. The highest BCUT2D eigenvalue weighted by Crippen LogP contribution is 2.29. The molecular formula is C18H16N2OS. The molecule has 0 atom stereocenters. The summed E-state index contributed by atoms with van der Waals surface area (Å²) in [5.41, 5.74) is 4.16. The van der Waals surface area contributed by atoms with Gasteiger partial charge in [0.05, 0.1) is 10.6 Å². The van der Waals surface area contributed by atoms with E-state index < -0.39 is 0 Å². The zero-order chi connectivity index (χ0) is 15.5. The van der Waals surface area contributed by atoms with Gasteiger partial charge in [-0.2, -0.15) is 0 Å². The van der Waals surface area contributed by atoms with Crippen LogP contribution in [0.4, 0.5) is 5.69 Å². The van der Waals surface area contributed by atoms with Crippen LogP contribution in [0, 0.1) is 13.8 Å². The number of carbonyl (C=O) groups excluding carboxylic acids is 1. The number of hydrogen-bond acceptors (Lipinski definition) is 3. The van der Waals surface area contributed by atoms with Crippen LogP contribution in [0.15, 0.2) is 58.4 Å². The topological polar surface area (TPSA) is 41.5 Å². The molecule has 0 bridgehead atoms. The molecule has 0 aromatic heterocycles. The molecule has 1 aliphatic rings. The second-order valence-electron chi connectivity index (χ2n) is 5.12. The summed E-state index contributed by atoms with van der Waals surface area (Å²) < 4.78 is 0. The van der Waals surface area contributed by atoms with Gasteiger partial charge < -0.3 is 5.32 Å². The zero-order valence-corrected chi connectivity index (χ0v) is 13.3. The summed E-state index contributed by atoms with van der Waals surface area (Å²) in [6.07, 6.45) is 1.91. The summed E-state index contributed by atoms with van der Waals surface area (Å²) in [6.45, 7) is 4.04. The van der Waals surface area contributed by atoms with Crippen molar-refractivity contribution in [3.8, 4) is 0 Å². The molecule has 1 N–H and O–H groups in total. The molecule has 1 heterocycles. The molecule has 2 aromatic rings. The Balaban J connectivity index is 1.88. The highest BCUT2D eigenvalue weighted by molar-refractivity contribution is 8.18. The number of amidine groups is 1. The summed E-state index contributed by atoms with van der Waals surface area (Å²) in [6, 6.07) is 15.9. The lowest BCUT2D eigenvalue weighted by atomic mass is 10.1. The molecule has 110 valence electrons. The van der Waals surface area contributed by atoms with E-state index in [1.54, 1.807) is 0 Å². The zero-order valence-electron chi connectivity index (χ0n) is 12.5. The summed E-state index contributed by atoms with van der Waals surface area (Å²) in [5, 5.41) is 3.45. The van der Waals surface area contributed by atoms with Gasteiger partial charge in [0.1, 0.15) is 0 Å². The lowest BCUT2D eigenvalue weighted by Crippen LogP contribution is -2.19. The van der Waals surface area contributed by atoms with Crippen molar-refractivity contribution in [2.24, 2.45) is 4.99 Å². The van der Waals surface area contributed by atoms with Crippen LogP contribution < -0.4 is 5.32 Å². The molecule has 1 saturated heterocycles. The van der Waals surface area contributed by atoms with E-state index in [0.29, 0.717) is 10.1 Å². The van der Waals surface area contributed by atoms with Crippen molar-refractivity contribution in [3.63, 3.8) is 0 Å². The standard InChI is InChI=1S/C18H16N2OS/c1-12-7-3-5-9-14(12)11-16-17(21)20-18(22-16)19-15-10-6-4-8-13(15)2/h3-11H,1-2H3,(H,19,20,21). The Morgan fingerprint density at radius 1 is 1.00 bits per heavy atom. The molecule has 3 nitrogen and oxygen atoms in total. The number of hydrogen-bond donors (Lipinski definition) is 1. The molecule has 1 fully saturated rings. The van der Waals surface area contributed by atoms with E-state index in [1.165, 1.54) is 11.8 Å². The van der Waals surface area contributed by atoms with E-state index in [0.717, 1.165) is 22.4 Å². The van der Waals surface area contributed by atoms with Crippen molar-refractivity contribution in [3.05, 3.63) is 70.1 Å². The lowest BCUT2D eigenvalue weighted by molar-refractivity contribution is -0.115. The van der Waals surface area contributed by atoms with Gasteiger partial charge in [-0.25, -0.2) is 4.99 Å². The van der Waals surface area contributed by atoms with Gasteiger partial charge in [-0.3, -0.25) is 4.79 Å². The van der Waals surface area contributed by atoms with Gasteiger partial charge >= 0.3 is 0 Å². The Morgan fingerprint density at radius 3 is 2.41 bits per heavy atom. The minimum absolute atomic E-state index is 0.0967. The van der Waals surface area contributed by atoms with Crippen LogP contribution >= 0.6 is 11.8 Å². The Kier molecular flexibility index (Phi) is 4.11. The van der Waals surface area contributed by atoms with Gasteiger partial charge in [-0.05, 0) is 54.4 Å². The van der Waals surface area contributed by atoms with Crippen LogP contribution in [0.5, 0.6) is 0 Å². The fourth-order valence-electron chi connectivity index (χ4n) is 2.17. The molecule has 3 rings (SSSR count). The van der Waals surface area contributed by atoms with Crippen LogP contribution in [0.3, 0.4) is 0 Å². The number of carbonyl (C=O) groups is 1. The van der Waals surface area contributed by atoms with Crippen molar-refractivity contribution in [2.45, 2.75) is 13.8 Å². The number of benzene rings is 2. The summed E-state index contributed by atoms with van der Waals surface area (Å²) in [5.74, 6) is -0.0967. The summed E-state index contributed by atoms with van der Waals surface area (Å²) in [7, 11) is 0. The van der Waals surface area contributed by atoms with Crippen LogP contribution in [0.25, 0.3) is 6.08 Å². The van der Waals surface area contributed by atoms with Crippen LogP contribution in [-0.4, -0.2) is 11.1 Å². The summed E-state index contributed by atoms with van der Waals surface area (Å²) in [4.78, 5) is 17.3. The maximum Gasteiger partial charge on any atom is 0.264 e. The van der Waals surface area contributed by atoms with Crippen molar-refractivity contribution in [1.29, 1.82) is 0 Å². The number of nitrogens with zero attached hydrogens (tertiary/aromatic N) is 1. The Hall–Kier alpha value is -2.33. The fraction of sp³-hybridized carbons (Fsp3) is 0.111. The van der Waals surface area contributed by atoms with Crippen molar-refractivity contribution in [2.75, 3.05) is 0 Å². The number of aryl methyl sites for hydroxylation is 2. The molecule has 0 unspecified atom stereocenters. The number of para-hydroxylation sites is 1. The molecule has 1 amide bonds. The van der Waals surface area contributed by atoms with Gasteiger partial charge in [0.25, 0.3) is 5.91 Å². The van der Waals surface area contributed by atoms with Gasteiger partial charge in [-0.15, -0.1) is 0 Å². The first-order valence-corrected chi connectivity index (χ1v) is 7.86. The van der Waals surface area contributed by atoms with E-state index in [2.05, 4.69) is 10.3 Å². The van der Waals surface area contributed by atoms with E-state index >= 15 is 0 Å². The van der Waals surface area contributed by atoms with E-state index in [1.807, 2.05) is 68.5 Å². The van der Waals surface area contributed by atoms with Crippen LogP contribution in [0.1, 0.15) is 16.7 Å². The third-order valence-corrected chi connectivity index (χ3v) is 4.37. The average molecular weight is 308 g/mol. The highest BCUT2D eigenvalue weighted by atomic mass is 32.2. The van der Waals surface area contributed by atoms with E-state index in [4.69, 9.17) is 0 Å². The quantitative estimate of drug-likeness (QED) is 0.845. The third-order valence-electron chi connectivity index (χ3n) is 3.46. The van der Waals surface area contributed by atoms with E-state index in [-0.39, 0.29) is 5.91 Å². The van der Waals surface area contributed by atoms with E-state index in [9.17, 15) is 4.79 Å². The van der Waals surface area contributed by atoms with Crippen molar-refractivity contribution < 1.29 is 4.79 Å². The monoisotopic (exact) mass is 308 g/mol. The third kappa shape index (κ3) is 3.12. The van der Waals surface area contributed by atoms with Gasteiger partial charge in [0.2, 0.25) is 0 Å². The lowest BCUT2D eigenvalue weighted by Gasteiger charge is -2.00. The second-order valence-corrected chi connectivity index (χ2v) is 6.16. The fourth-order valence-corrected chi connectivity index (χ4v) is 2.99. The molecule has 2 aromatic carbocycles. The molecule has 0 spiro atoms. The minimum atomic E-state index is -0.0967. The molecule has 4 heteroatoms. The second kappa shape index (κ2) is 6.20. The molecule has 0 radical (unpaired) electrons. The summed E-state index contributed by atoms with van der Waals surface area (Å²) >= 11 is 1.38. The van der Waals surface area contributed by atoms with Crippen LogP contribution in [-0.2, 0) is 4.79 Å². The maximum atomic E-state index is 12.1. The molecule has 1 aliphatic heterocycles. The number of rotatable bonds is 2. The Labute approximate surface area is 134 Å². The minimum Gasteiger partial charge on any atom is -0.300 e. The Morgan fingerprint density at radius 2 is 1.68 bits per heavy atom. The molecule has 0 aliphatic carbocycles. The number of nitrogens with one attached hydrogen (secondary N) is 1. The first-order chi connectivity index (χ1) is 10.6. The van der Waals surface area contributed by atoms with Crippen LogP contribution in [0.2, 0.25) is 0 Å². The smallest absolute Gasteiger partial charge is 0.264 e. The number of amides is 1. The maximum absolute atomic E-state index is 12.1. The number of thioether (sulfide) groups is 1. The molecule has 22 heavy (non-hydrogen) atoms. The van der Waals surface area contributed by atoms with Crippen molar-refractivity contribution in [1.82, 2.24) is 5.32 Å². The Bertz CT molecular complexity index is 793. The number of aliphatic imine (C=N–C) groups is 1.